The molecule has 2 aromatic rings. The fourth-order valence-corrected chi connectivity index (χ4v) is 5.17. The first-order valence-electron chi connectivity index (χ1n) is 10.4. The van der Waals surface area contributed by atoms with Gasteiger partial charge < -0.3 is 15.2 Å². The maximum atomic E-state index is 13.5. The molecule has 1 unspecified atom stereocenters. The summed E-state index contributed by atoms with van der Waals surface area (Å²) in [6.45, 7) is 10.1. The molecule has 1 aliphatic heterocycles. The molecule has 1 fully saturated rings. The second-order valence-electron chi connectivity index (χ2n) is 8.45. The summed E-state index contributed by atoms with van der Waals surface area (Å²) in [6.07, 6.45) is -0.700. The summed E-state index contributed by atoms with van der Waals surface area (Å²) < 4.78 is 33.6. The van der Waals surface area contributed by atoms with Gasteiger partial charge in [-0.3, -0.25) is 4.31 Å². The number of ether oxygens (including phenoxy) is 1. The van der Waals surface area contributed by atoms with Gasteiger partial charge in [0.05, 0.1) is 35.9 Å². The molecule has 164 valence electrons. The normalized spacial score (nSPS) is 15.8. The Labute approximate surface area is 179 Å². The van der Waals surface area contributed by atoms with E-state index in [2.05, 4.69) is 5.32 Å². The largest absolute Gasteiger partial charge is 0.387 e. The highest BCUT2D eigenvalue weighted by Gasteiger charge is 2.27. The Bertz CT molecular complexity index is 954. The Morgan fingerprint density at radius 1 is 1.13 bits per heavy atom. The first-order valence-corrected chi connectivity index (χ1v) is 11.8. The number of nitrogens with one attached hydrogen (secondary N) is 1. The van der Waals surface area contributed by atoms with Crippen LogP contribution in [0, 0.1) is 19.8 Å². The molecule has 0 amide bonds. The van der Waals surface area contributed by atoms with Crippen molar-refractivity contribution in [2.45, 2.75) is 44.7 Å². The van der Waals surface area contributed by atoms with Crippen LogP contribution < -0.4 is 9.62 Å². The predicted molar refractivity (Wildman–Crippen MR) is 119 cm³/mol. The summed E-state index contributed by atoms with van der Waals surface area (Å²) in [4.78, 5) is 0.222. The van der Waals surface area contributed by atoms with Gasteiger partial charge in [-0.1, -0.05) is 43.7 Å². The highest BCUT2D eigenvalue weighted by molar-refractivity contribution is 7.92. The molecule has 1 saturated heterocycles. The van der Waals surface area contributed by atoms with Crippen molar-refractivity contribution in [1.29, 1.82) is 0 Å². The standard InChI is InChI=1S/C23H32N2O4S/c1-16(2)13-25(22-10-5-17(3)11-18(22)4)30(27,28)21-8-6-19(7-9-21)23(26)12-24-20-14-29-15-20/h5-11,16,20,23-24,26H,12-15H2,1-4H3. The maximum absolute atomic E-state index is 13.5. The van der Waals surface area contributed by atoms with E-state index < -0.39 is 16.1 Å². The van der Waals surface area contributed by atoms with Crippen molar-refractivity contribution >= 4 is 15.7 Å². The van der Waals surface area contributed by atoms with Gasteiger partial charge in [0, 0.05) is 13.1 Å². The van der Waals surface area contributed by atoms with E-state index in [4.69, 9.17) is 4.74 Å². The van der Waals surface area contributed by atoms with Crippen molar-refractivity contribution < 1.29 is 18.3 Å². The molecule has 0 saturated carbocycles. The molecule has 6 nitrogen and oxygen atoms in total. The van der Waals surface area contributed by atoms with Crippen molar-refractivity contribution in [3.8, 4) is 0 Å². The van der Waals surface area contributed by atoms with E-state index in [9.17, 15) is 13.5 Å². The number of aliphatic hydroxyl groups excluding tert-OH is 1. The van der Waals surface area contributed by atoms with Crippen LogP contribution in [-0.4, -0.2) is 45.9 Å². The molecular formula is C23H32N2O4S. The summed E-state index contributed by atoms with van der Waals surface area (Å²) in [5, 5.41) is 13.6. The molecule has 1 atom stereocenters. The van der Waals surface area contributed by atoms with Crippen molar-refractivity contribution in [2.75, 3.05) is 30.6 Å². The fourth-order valence-electron chi connectivity index (χ4n) is 3.48. The van der Waals surface area contributed by atoms with Crippen molar-refractivity contribution in [1.82, 2.24) is 5.32 Å². The van der Waals surface area contributed by atoms with Crippen LogP contribution in [0.4, 0.5) is 5.69 Å². The Morgan fingerprint density at radius 2 is 1.80 bits per heavy atom. The van der Waals surface area contributed by atoms with Gasteiger partial charge in [0.2, 0.25) is 0 Å². The molecule has 7 heteroatoms. The third-order valence-electron chi connectivity index (χ3n) is 5.24. The van der Waals surface area contributed by atoms with Gasteiger partial charge in [-0.15, -0.1) is 0 Å². The molecule has 3 rings (SSSR count). The van der Waals surface area contributed by atoms with Gasteiger partial charge in [0.25, 0.3) is 10.0 Å². The number of benzene rings is 2. The third-order valence-corrected chi connectivity index (χ3v) is 7.04. The molecule has 2 N–H and O–H groups in total. The lowest BCUT2D eigenvalue weighted by Crippen LogP contribution is -2.47. The summed E-state index contributed by atoms with van der Waals surface area (Å²) >= 11 is 0. The second-order valence-corrected chi connectivity index (χ2v) is 10.3. The second kappa shape index (κ2) is 9.47. The van der Waals surface area contributed by atoms with E-state index in [1.807, 2.05) is 45.9 Å². The average molecular weight is 433 g/mol. The highest BCUT2D eigenvalue weighted by Crippen LogP contribution is 2.29. The molecule has 2 aromatic carbocycles. The molecular weight excluding hydrogens is 400 g/mol. The smallest absolute Gasteiger partial charge is 0.264 e. The number of hydrogen-bond donors (Lipinski definition) is 2. The average Bonchev–Trinajstić information content (AvgIpc) is 2.65. The molecule has 1 heterocycles. The molecule has 0 aliphatic carbocycles. The summed E-state index contributed by atoms with van der Waals surface area (Å²) in [5.74, 6) is 0.170. The lowest BCUT2D eigenvalue weighted by molar-refractivity contribution is -0.00981. The topological polar surface area (TPSA) is 78.9 Å². The SMILES string of the molecule is Cc1ccc(N(CC(C)C)S(=O)(=O)c2ccc(C(O)CNC3COC3)cc2)c(C)c1. The van der Waals surface area contributed by atoms with Crippen LogP contribution in [-0.2, 0) is 14.8 Å². The van der Waals surface area contributed by atoms with Crippen LogP contribution in [0.5, 0.6) is 0 Å². The summed E-state index contributed by atoms with van der Waals surface area (Å²) in [7, 11) is -3.73. The number of rotatable bonds is 9. The lowest BCUT2D eigenvalue weighted by atomic mass is 10.1. The van der Waals surface area contributed by atoms with Crippen LogP contribution in [0.25, 0.3) is 0 Å². The molecule has 0 radical (unpaired) electrons. The Kier molecular flexibility index (Phi) is 7.18. The van der Waals surface area contributed by atoms with Crippen molar-refractivity contribution in [2.24, 2.45) is 5.92 Å². The van der Waals surface area contributed by atoms with Gasteiger partial charge in [-0.2, -0.15) is 0 Å². The number of sulfonamides is 1. The van der Waals surface area contributed by atoms with E-state index in [-0.39, 0.29) is 16.9 Å². The Hall–Kier alpha value is -1.93. The van der Waals surface area contributed by atoms with Gasteiger partial charge >= 0.3 is 0 Å². The van der Waals surface area contributed by atoms with Gasteiger partial charge in [-0.05, 0) is 49.1 Å². The molecule has 0 bridgehead atoms. The van der Waals surface area contributed by atoms with Gasteiger partial charge in [-0.25, -0.2) is 8.42 Å². The first kappa shape index (κ1) is 22.7. The van der Waals surface area contributed by atoms with Crippen LogP contribution in [0.3, 0.4) is 0 Å². The molecule has 0 spiro atoms. The van der Waals surface area contributed by atoms with Crippen LogP contribution >= 0.6 is 0 Å². The van der Waals surface area contributed by atoms with Crippen LogP contribution in [0.1, 0.15) is 36.6 Å². The Balaban J connectivity index is 1.83. The van der Waals surface area contributed by atoms with Crippen LogP contribution in [0.15, 0.2) is 47.4 Å². The minimum absolute atomic E-state index is 0.170. The lowest BCUT2D eigenvalue weighted by Gasteiger charge is -2.28. The number of anilines is 1. The van der Waals surface area contributed by atoms with Gasteiger partial charge in [0.15, 0.2) is 0 Å². The molecule has 0 aromatic heterocycles. The predicted octanol–water partition coefficient (Wildman–Crippen LogP) is 3.18. The summed E-state index contributed by atoms with van der Waals surface area (Å²) in [6, 6.07) is 12.6. The van der Waals surface area contributed by atoms with E-state index in [1.165, 1.54) is 4.31 Å². The Morgan fingerprint density at radius 3 is 2.33 bits per heavy atom. The minimum Gasteiger partial charge on any atom is -0.387 e. The van der Waals surface area contributed by atoms with Crippen molar-refractivity contribution in [3.63, 3.8) is 0 Å². The highest BCUT2D eigenvalue weighted by atomic mass is 32.2. The zero-order chi connectivity index (χ0) is 21.9. The third kappa shape index (κ3) is 5.21. The minimum atomic E-state index is -3.73. The number of hydrogen-bond acceptors (Lipinski definition) is 5. The number of aryl methyl sites for hydroxylation is 2. The van der Waals surface area contributed by atoms with E-state index >= 15 is 0 Å². The number of nitrogens with zero attached hydrogens (tertiary/aromatic N) is 1. The fraction of sp³-hybridized carbons (Fsp3) is 0.478. The van der Waals surface area contributed by atoms with Gasteiger partial charge in [0.1, 0.15) is 0 Å². The van der Waals surface area contributed by atoms with E-state index in [1.54, 1.807) is 24.3 Å². The maximum Gasteiger partial charge on any atom is 0.264 e. The van der Waals surface area contributed by atoms with E-state index in [0.717, 1.165) is 11.1 Å². The molecule has 30 heavy (non-hydrogen) atoms. The first-order chi connectivity index (χ1) is 14.2. The quantitative estimate of drug-likeness (QED) is 0.636. The monoisotopic (exact) mass is 432 g/mol. The zero-order valence-electron chi connectivity index (χ0n) is 18.1. The molecule has 1 aliphatic rings. The van der Waals surface area contributed by atoms with Crippen molar-refractivity contribution in [3.05, 3.63) is 59.2 Å². The zero-order valence-corrected chi connectivity index (χ0v) is 18.9. The van der Waals surface area contributed by atoms with E-state index in [0.29, 0.717) is 37.6 Å². The van der Waals surface area contributed by atoms with Crippen LogP contribution in [0.2, 0.25) is 0 Å². The summed E-state index contributed by atoms with van der Waals surface area (Å²) in [5.41, 5.74) is 3.41. The number of aliphatic hydroxyl groups is 1.